The molecule has 0 saturated carbocycles. The first-order valence-corrected chi connectivity index (χ1v) is 9.54. The molecule has 2 aromatic heterocycles. The normalized spacial score (nSPS) is 14.1. The highest BCUT2D eigenvalue weighted by atomic mass is 35.5. The van der Waals surface area contributed by atoms with Crippen molar-refractivity contribution in [1.29, 1.82) is 5.26 Å². The van der Waals surface area contributed by atoms with Gasteiger partial charge in [0.05, 0.1) is 16.8 Å². The van der Waals surface area contributed by atoms with Crippen molar-refractivity contribution in [2.24, 2.45) is 0 Å². The Bertz CT molecular complexity index is 1010. The summed E-state index contributed by atoms with van der Waals surface area (Å²) in [5.41, 5.74) is 3.21. The molecule has 1 saturated heterocycles. The minimum absolute atomic E-state index is 0.509. The van der Waals surface area contributed by atoms with Crippen LogP contribution in [-0.4, -0.2) is 23.1 Å². The van der Waals surface area contributed by atoms with E-state index >= 15 is 0 Å². The summed E-state index contributed by atoms with van der Waals surface area (Å²) in [6.07, 6.45) is 7.20. The van der Waals surface area contributed by atoms with Crippen LogP contribution in [-0.2, 0) is 6.54 Å². The Kier molecular flexibility index (Phi) is 5.08. The van der Waals surface area contributed by atoms with E-state index in [2.05, 4.69) is 32.3 Å². The molecule has 4 rings (SSSR count). The third-order valence-electron chi connectivity index (χ3n) is 4.91. The average Bonchev–Trinajstić information content (AvgIpc) is 2.72. The number of nitriles is 1. The maximum atomic E-state index is 9.48. The van der Waals surface area contributed by atoms with Gasteiger partial charge < -0.3 is 10.2 Å². The van der Waals surface area contributed by atoms with E-state index in [1.807, 2.05) is 24.4 Å². The Morgan fingerprint density at radius 1 is 1.11 bits per heavy atom. The zero-order chi connectivity index (χ0) is 18.6. The smallest absolute Gasteiger partial charge is 0.128 e. The fourth-order valence-corrected chi connectivity index (χ4v) is 3.67. The van der Waals surface area contributed by atoms with Crippen molar-refractivity contribution < 1.29 is 0 Å². The molecule has 0 unspecified atom stereocenters. The molecule has 0 aliphatic carbocycles. The first-order valence-electron chi connectivity index (χ1n) is 9.17. The largest absolute Gasteiger partial charge is 0.379 e. The standard InChI is InChI=1S/C21H20ClN5/c22-17-4-5-19-18(11-17)21(16(12-23)14-25-19)26-13-15-6-7-24-20(10-15)27-8-2-1-3-9-27/h4-7,10-11,14H,1-3,8-9,13H2,(H,25,26). The lowest BCUT2D eigenvalue weighted by Gasteiger charge is -2.28. The molecule has 0 atom stereocenters. The van der Waals surface area contributed by atoms with E-state index in [1.165, 1.54) is 19.3 Å². The number of rotatable bonds is 4. The lowest BCUT2D eigenvalue weighted by Crippen LogP contribution is -2.30. The van der Waals surface area contributed by atoms with Gasteiger partial charge in [-0.25, -0.2) is 4.98 Å². The van der Waals surface area contributed by atoms with Crippen LogP contribution < -0.4 is 10.2 Å². The summed E-state index contributed by atoms with van der Waals surface area (Å²) in [7, 11) is 0. The quantitative estimate of drug-likeness (QED) is 0.710. The molecule has 3 aromatic rings. The van der Waals surface area contributed by atoms with Gasteiger partial charge in [-0.3, -0.25) is 4.98 Å². The van der Waals surface area contributed by atoms with E-state index < -0.39 is 0 Å². The molecule has 0 bridgehead atoms. The molecule has 6 heteroatoms. The van der Waals surface area contributed by atoms with Crippen LogP contribution in [0.5, 0.6) is 0 Å². The van der Waals surface area contributed by atoms with E-state index in [1.54, 1.807) is 12.3 Å². The van der Waals surface area contributed by atoms with Gasteiger partial charge in [0.1, 0.15) is 11.9 Å². The molecule has 136 valence electrons. The summed E-state index contributed by atoms with van der Waals surface area (Å²) < 4.78 is 0. The van der Waals surface area contributed by atoms with Crippen molar-refractivity contribution in [3.05, 3.63) is 58.9 Å². The zero-order valence-electron chi connectivity index (χ0n) is 15.0. The minimum Gasteiger partial charge on any atom is -0.379 e. The van der Waals surface area contributed by atoms with Gasteiger partial charge >= 0.3 is 0 Å². The monoisotopic (exact) mass is 377 g/mol. The van der Waals surface area contributed by atoms with Crippen LogP contribution in [0.2, 0.25) is 5.02 Å². The summed E-state index contributed by atoms with van der Waals surface area (Å²) >= 11 is 6.16. The third kappa shape index (κ3) is 3.81. The van der Waals surface area contributed by atoms with Gasteiger partial charge in [-0.1, -0.05) is 11.6 Å². The number of anilines is 2. The molecule has 0 amide bonds. The van der Waals surface area contributed by atoms with Gasteiger partial charge in [-0.05, 0) is 55.2 Å². The molecule has 3 heterocycles. The second kappa shape index (κ2) is 7.81. The lowest BCUT2D eigenvalue weighted by molar-refractivity contribution is 0.573. The van der Waals surface area contributed by atoms with Crippen molar-refractivity contribution >= 4 is 34.0 Å². The second-order valence-electron chi connectivity index (χ2n) is 6.74. The van der Waals surface area contributed by atoms with Gasteiger partial charge in [-0.2, -0.15) is 5.26 Å². The van der Waals surface area contributed by atoms with Crippen molar-refractivity contribution in [1.82, 2.24) is 9.97 Å². The predicted octanol–water partition coefficient (Wildman–Crippen LogP) is 4.76. The maximum Gasteiger partial charge on any atom is 0.128 e. The molecule has 27 heavy (non-hydrogen) atoms. The molecule has 0 radical (unpaired) electrons. The number of aromatic nitrogens is 2. The molecule has 5 nitrogen and oxygen atoms in total. The second-order valence-corrected chi connectivity index (χ2v) is 7.18. The Morgan fingerprint density at radius 3 is 2.78 bits per heavy atom. The molecule has 0 spiro atoms. The van der Waals surface area contributed by atoms with Crippen LogP contribution in [0.3, 0.4) is 0 Å². The van der Waals surface area contributed by atoms with E-state index in [9.17, 15) is 5.26 Å². The van der Waals surface area contributed by atoms with Crippen LogP contribution in [0, 0.1) is 11.3 Å². The van der Waals surface area contributed by atoms with Gasteiger partial charge in [0.2, 0.25) is 0 Å². The number of halogens is 1. The lowest BCUT2D eigenvalue weighted by atomic mass is 10.1. The Morgan fingerprint density at radius 2 is 1.96 bits per heavy atom. The van der Waals surface area contributed by atoms with Crippen molar-refractivity contribution in [2.75, 3.05) is 23.3 Å². The molecule has 1 fully saturated rings. The highest BCUT2D eigenvalue weighted by Crippen LogP contribution is 2.29. The van der Waals surface area contributed by atoms with Crippen molar-refractivity contribution in [3.8, 4) is 6.07 Å². The highest BCUT2D eigenvalue weighted by molar-refractivity contribution is 6.31. The topological polar surface area (TPSA) is 64.8 Å². The number of piperidine rings is 1. The average molecular weight is 378 g/mol. The van der Waals surface area contributed by atoms with Gasteiger partial charge in [-0.15, -0.1) is 0 Å². The summed E-state index contributed by atoms with van der Waals surface area (Å²) in [6.45, 7) is 2.73. The number of nitrogens with one attached hydrogen (secondary N) is 1. The van der Waals surface area contributed by atoms with Crippen LogP contribution in [0.1, 0.15) is 30.4 Å². The molecule has 1 aromatic carbocycles. The van der Waals surface area contributed by atoms with Crippen molar-refractivity contribution in [3.63, 3.8) is 0 Å². The maximum absolute atomic E-state index is 9.48. The number of fused-ring (bicyclic) bond motifs is 1. The van der Waals surface area contributed by atoms with Crippen LogP contribution in [0.15, 0.2) is 42.7 Å². The van der Waals surface area contributed by atoms with Crippen LogP contribution >= 0.6 is 11.6 Å². The van der Waals surface area contributed by atoms with Gasteiger partial charge in [0.15, 0.2) is 0 Å². The zero-order valence-corrected chi connectivity index (χ0v) is 15.7. The SMILES string of the molecule is N#Cc1cnc2ccc(Cl)cc2c1NCc1ccnc(N2CCCCC2)c1. The summed E-state index contributed by atoms with van der Waals surface area (Å²) in [5, 5.41) is 14.4. The Labute approximate surface area is 163 Å². The molecular formula is C21H20ClN5. The summed E-state index contributed by atoms with van der Waals surface area (Å²) in [6, 6.07) is 11.9. The number of nitrogens with zero attached hydrogens (tertiary/aromatic N) is 4. The number of hydrogen-bond acceptors (Lipinski definition) is 5. The fraction of sp³-hybridized carbons (Fsp3) is 0.286. The molecule has 1 N–H and O–H groups in total. The minimum atomic E-state index is 0.509. The first kappa shape index (κ1) is 17.6. The summed E-state index contributed by atoms with van der Waals surface area (Å²) in [4.78, 5) is 11.2. The van der Waals surface area contributed by atoms with Gasteiger partial charge in [0.25, 0.3) is 0 Å². The Balaban J connectivity index is 1.60. The van der Waals surface area contributed by atoms with Crippen molar-refractivity contribution in [2.45, 2.75) is 25.8 Å². The van der Waals surface area contributed by atoms with E-state index in [-0.39, 0.29) is 0 Å². The number of hydrogen-bond donors (Lipinski definition) is 1. The number of benzene rings is 1. The predicted molar refractivity (Wildman–Crippen MR) is 109 cm³/mol. The molecule has 1 aliphatic heterocycles. The van der Waals surface area contributed by atoms with E-state index in [0.29, 0.717) is 17.1 Å². The third-order valence-corrected chi connectivity index (χ3v) is 5.14. The van der Waals surface area contributed by atoms with E-state index in [0.717, 1.165) is 41.1 Å². The van der Waals surface area contributed by atoms with E-state index in [4.69, 9.17) is 11.6 Å². The van der Waals surface area contributed by atoms with Gasteiger partial charge in [0, 0.05) is 42.4 Å². The Hall–Kier alpha value is -2.84. The highest BCUT2D eigenvalue weighted by Gasteiger charge is 2.13. The number of pyridine rings is 2. The van der Waals surface area contributed by atoms with Crippen LogP contribution in [0.4, 0.5) is 11.5 Å². The van der Waals surface area contributed by atoms with Crippen LogP contribution in [0.25, 0.3) is 10.9 Å². The fourth-order valence-electron chi connectivity index (χ4n) is 3.50. The molecular weight excluding hydrogens is 358 g/mol. The summed E-state index contributed by atoms with van der Waals surface area (Å²) in [5.74, 6) is 1.03. The molecule has 1 aliphatic rings. The first-order chi connectivity index (χ1) is 13.2.